The van der Waals surface area contributed by atoms with Gasteiger partial charge in [0.2, 0.25) is 0 Å². The van der Waals surface area contributed by atoms with Gasteiger partial charge in [-0.3, -0.25) is 0 Å². The fraction of sp³-hybridized carbons (Fsp3) is 0.286. The smallest absolute Gasteiger partial charge is 0.128 e. The molecule has 0 bridgehead atoms. The topological polar surface area (TPSA) is 40.2 Å². The normalized spacial score (nSPS) is 10.8. The Bertz CT molecular complexity index is 608. The van der Waals surface area contributed by atoms with Gasteiger partial charge in [-0.2, -0.15) is 0 Å². The molecule has 0 fully saturated rings. The van der Waals surface area contributed by atoms with Crippen LogP contribution in [0.5, 0.6) is 5.75 Å². The van der Waals surface area contributed by atoms with Crippen molar-refractivity contribution in [1.29, 1.82) is 0 Å². The molecule has 90 valence electrons. The second kappa shape index (κ2) is 3.84. The lowest BCUT2D eigenvalue weighted by atomic mass is 10.1. The molecule has 3 heteroatoms. The molecule has 2 N–H and O–H groups in total. The maximum Gasteiger partial charge on any atom is 0.128 e. The Balaban J connectivity index is 3.01. The second-order valence-corrected chi connectivity index (χ2v) is 4.37. The van der Waals surface area contributed by atoms with Gasteiger partial charge in [-0.1, -0.05) is 12.6 Å². The number of hydrogen-bond acceptors (Lipinski definition) is 2. The summed E-state index contributed by atoms with van der Waals surface area (Å²) in [6, 6.07) is 4.05. The molecule has 0 amide bonds. The van der Waals surface area contributed by atoms with Crippen molar-refractivity contribution in [3.05, 3.63) is 35.5 Å². The lowest BCUT2D eigenvalue weighted by molar-refractivity contribution is 0.419. The summed E-state index contributed by atoms with van der Waals surface area (Å²) < 4.78 is 7.52. The third-order valence-electron chi connectivity index (χ3n) is 3.27. The fourth-order valence-electron chi connectivity index (χ4n) is 2.58. The molecule has 17 heavy (non-hydrogen) atoms. The van der Waals surface area contributed by atoms with Gasteiger partial charge in [-0.05, 0) is 31.0 Å². The molecule has 0 saturated heterocycles. The van der Waals surface area contributed by atoms with E-state index in [2.05, 4.69) is 31.1 Å². The number of benzene rings is 1. The summed E-state index contributed by atoms with van der Waals surface area (Å²) in [7, 11) is 3.70. The molecule has 0 saturated carbocycles. The lowest BCUT2D eigenvalue weighted by Crippen LogP contribution is -2.02. The second-order valence-electron chi connectivity index (χ2n) is 4.37. The Hall–Kier alpha value is -1.90. The zero-order chi connectivity index (χ0) is 12.7. The molecule has 1 heterocycles. The number of methoxy groups -OCH3 is 1. The zero-order valence-corrected chi connectivity index (χ0v) is 10.8. The van der Waals surface area contributed by atoms with Crippen molar-refractivity contribution < 1.29 is 4.74 Å². The molecule has 0 radical (unpaired) electrons. The number of rotatable bonds is 2. The van der Waals surface area contributed by atoms with Gasteiger partial charge in [0.1, 0.15) is 5.75 Å². The first-order valence-corrected chi connectivity index (χ1v) is 5.56. The molecule has 0 aliphatic rings. The molecule has 1 aromatic carbocycles. The number of aromatic nitrogens is 1. The van der Waals surface area contributed by atoms with E-state index in [1.165, 1.54) is 5.56 Å². The van der Waals surface area contributed by atoms with Crippen molar-refractivity contribution >= 4 is 16.6 Å². The molecule has 2 rings (SSSR count). The first kappa shape index (κ1) is 11.6. The molecule has 3 nitrogen and oxygen atoms in total. The highest BCUT2D eigenvalue weighted by Gasteiger charge is 2.17. The number of fused-ring (bicyclic) bond motifs is 1. The first-order chi connectivity index (χ1) is 7.99. The lowest BCUT2D eigenvalue weighted by Gasteiger charge is -2.06. The highest BCUT2D eigenvalue weighted by molar-refractivity contribution is 5.96. The van der Waals surface area contributed by atoms with Crippen LogP contribution in [0.25, 0.3) is 16.6 Å². The van der Waals surface area contributed by atoms with Crippen molar-refractivity contribution in [1.82, 2.24) is 4.57 Å². The largest absolute Gasteiger partial charge is 0.496 e. The summed E-state index contributed by atoms with van der Waals surface area (Å²) in [5, 5.41) is 1.12. The molecule has 0 atom stereocenters. The Morgan fingerprint density at radius 2 is 2.00 bits per heavy atom. The van der Waals surface area contributed by atoms with E-state index < -0.39 is 0 Å². The molecule has 1 aromatic heterocycles. The molecule has 0 aliphatic carbocycles. The number of hydrogen-bond donors (Lipinski definition) is 1. The highest BCUT2D eigenvalue weighted by atomic mass is 16.5. The van der Waals surface area contributed by atoms with E-state index in [4.69, 9.17) is 10.5 Å². The van der Waals surface area contributed by atoms with Crippen LogP contribution in [0.15, 0.2) is 18.7 Å². The fourth-order valence-corrected chi connectivity index (χ4v) is 2.58. The quantitative estimate of drug-likeness (QED) is 0.861. The van der Waals surface area contributed by atoms with E-state index in [0.717, 1.165) is 27.9 Å². The Labute approximate surface area is 101 Å². The summed E-state index contributed by atoms with van der Waals surface area (Å²) in [5.74, 6) is 0.881. The van der Waals surface area contributed by atoms with Crippen molar-refractivity contribution in [2.24, 2.45) is 12.8 Å². The monoisotopic (exact) mass is 230 g/mol. The molecule has 0 spiro atoms. The maximum atomic E-state index is 5.86. The minimum absolute atomic E-state index is 0.586. The Kier molecular flexibility index (Phi) is 2.62. The summed E-state index contributed by atoms with van der Waals surface area (Å²) in [5.41, 5.74) is 10.9. The van der Waals surface area contributed by atoms with Gasteiger partial charge in [-0.25, -0.2) is 0 Å². The predicted molar refractivity (Wildman–Crippen MR) is 72.2 cm³/mol. The Morgan fingerprint density at radius 1 is 1.35 bits per heavy atom. The summed E-state index contributed by atoms with van der Waals surface area (Å²) in [6.07, 6.45) is 0. The van der Waals surface area contributed by atoms with Crippen LogP contribution in [-0.2, 0) is 7.05 Å². The van der Waals surface area contributed by atoms with Crippen LogP contribution in [0.1, 0.15) is 16.8 Å². The molecule has 0 aliphatic heterocycles. The Morgan fingerprint density at radius 3 is 2.53 bits per heavy atom. The number of aryl methyl sites for hydroxylation is 3. The van der Waals surface area contributed by atoms with Gasteiger partial charge in [0, 0.05) is 18.1 Å². The van der Waals surface area contributed by atoms with Crippen molar-refractivity contribution in [2.45, 2.75) is 13.8 Å². The van der Waals surface area contributed by atoms with Crippen LogP contribution >= 0.6 is 0 Å². The SMILES string of the molecule is C=C(N)c1c(C)c2c(OC)ccc(C)c2n1C. The summed E-state index contributed by atoms with van der Waals surface area (Å²) in [6.45, 7) is 7.98. The molecule has 0 unspecified atom stereocenters. The van der Waals surface area contributed by atoms with E-state index in [0.29, 0.717) is 5.70 Å². The van der Waals surface area contributed by atoms with Crippen LogP contribution in [-0.4, -0.2) is 11.7 Å². The molecular weight excluding hydrogens is 212 g/mol. The van der Waals surface area contributed by atoms with Gasteiger partial charge in [0.25, 0.3) is 0 Å². The van der Waals surface area contributed by atoms with E-state index >= 15 is 0 Å². The van der Waals surface area contributed by atoms with Crippen LogP contribution in [0.2, 0.25) is 0 Å². The third-order valence-corrected chi connectivity index (χ3v) is 3.27. The van der Waals surface area contributed by atoms with Crippen molar-refractivity contribution in [3.63, 3.8) is 0 Å². The summed E-state index contributed by atoms with van der Waals surface area (Å²) >= 11 is 0. The van der Waals surface area contributed by atoms with Gasteiger partial charge in [0.05, 0.1) is 18.3 Å². The van der Waals surface area contributed by atoms with E-state index in [1.807, 2.05) is 13.1 Å². The van der Waals surface area contributed by atoms with Gasteiger partial charge >= 0.3 is 0 Å². The van der Waals surface area contributed by atoms with Crippen molar-refractivity contribution in [2.75, 3.05) is 7.11 Å². The van der Waals surface area contributed by atoms with Crippen LogP contribution < -0.4 is 10.5 Å². The first-order valence-electron chi connectivity index (χ1n) is 5.56. The maximum absolute atomic E-state index is 5.86. The van der Waals surface area contributed by atoms with Gasteiger partial charge in [0.15, 0.2) is 0 Å². The van der Waals surface area contributed by atoms with Crippen molar-refractivity contribution in [3.8, 4) is 5.75 Å². The van der Waals surface area contributed by atoms with Crippen LogP contribution in [0.3, 0.4) is 0 Å². The average molecular weight is 230 g/mol. The standard InChI is InChI=1S/C14H18N2O/c1-8-6-7-11(17-5)12-9(2)14(10(3)15)16(4)13(8)12/h6-7H,3,15H2,1-2,4-5H3. The number of nitrogens with two attached hydrogens (primary N) is 1. The van der Waals surface area contributed by atoms with Crippen LogP contribution in [0, 0.1) is 13.8 Å². The number of ether oxygens (including phenoxy) is 1. The minimum atomic E-state index is 0.586. The van der Waals surface area contributed by atoms with Crippen LogP contribution in [0.4, 0.5) is 0 Å². The minimum Gasteiger partial charge on any atom is -0.496 e. The number of nitrogens with zero attached hydrogens (tertiary/aromatic N) is 1. The van der Waals surface area contributed by atoms with E-state index in [9.17, 15) is 0 Å². The predicted octanol–water partition coefficient (Wildman–Crippen LogP) is 2.73. The third kappa shape index (κ3) is 1.50. The summed E-state index contributed by atoms with van der Waals surface area (Å²) in [4.78, 5) is 0. The zero-order valence-electron chi connectivity index (χ0n) is 10.8. The van der Waals surface area contributed by atoms with E-state index in [1.54, 1.807) is 7.11 Å². The molecule has 2 aromatic rings. The average Bonchev–Trinajstić information content (AvgIpc) is 2.53. The van der Waals surface area contributed by atoms with Gasteiger partial charge < -0.3 is 15.0 Å². The highest BCUT2D eigenvalue weighted by Crippen LogP contribution is 2.35. The molecular formula is C14H18N2O. The van der Waals surface area contributed by atoms with Gasteiger partial charge in [-0.15, -0.1) is 0 Å². The van der Waals surface area contributed by atoms with E-state index in [-0.39, 0.29) is 0 Å².